The number of benzene rings is 2. The van der Waals surface area contributed by atoms with Crippen LogP contribution in [0.1, 0.15) is 0 Å². The first-order valence-electron chi connectivity index (χ1n) is 9.39. The number of ether oxygens (including phenoxy) is 1. The number of thioether (sulfide) groups is 2. The molecule has 1 aliphatic heterocycles. The maximum Gasteiger partial charge on any atom is 0.199 e. The van der Waals surface area contributed by atoms with Crippen molar-refractivity contribution in [1.82, 2.24) is 0 Å². The third-order valence-electron chi connectivity index (χ3n) is 4.39. The molecular weight excluding hydrogens is 394 g/mol. The van der Waals surface area contributed by atoms with Crippen LogP contribution >= 0.6 is 23.5 Å². The fourth-order valence-corrected chi connectivity index (χ4v) is 4.62. The molecule has 0 fully saturated rings. The van der Waals surface area contributed by atoms with Crippen LogP contribution in [0, 0.1) is 0 Å². The predicted octanol–water partition coefficient (Wildman–Crippen LogP) is 6.42. The summed E-state index contributed by atoms with van der Waals surface area (Å²) in [5.41, 5.74) is 3.52. The quantitative estimate of drug-likeness (QED) is 0.534. The molecule has 0 atom stereocenters. The lowest BCUT2D eigenvalue weighted by Crippen LogP contribution is -2.10. The van der Waals surface area contributed by atoms with Crippen molar-refractivity contribution in [1.29, 1.82) is 0 Å². The van der Waals surface area contributed by atoms with Gasteiger partial charge in [0.2, 0.25) is 0 Å². The fraction of sp³-hybridized carbons (Fsp3) is 0.0800. The molecule has 1 aliphatic carbocycles. The van der Waals surface area contributed by atoms with Crippen molar-refractivity contribution in [2.24, 2.45) is 0 Å². The van der Waals surface area contributed by atoms with Crippen molar-refractivity contribution < 1.29 is 9.31 Å². The number of nitrogens with zero attached hydrogens (tertiary/aromatic N) is 1. The smallest absolute Gasteiger partial charge is 0.199 e. The second-order valence-electron chi connectivity index (χ2n) is 6.76. The second kappa shape index (κ2) is 9.21. The van der Waals surface area contributed by atoms with E-state index in [0.717, 1.165) is 25.5 Å². The van der Waals surface area contributed by atoms with E-state index in [-0.39, 0.29) is 0 Å². The van der Waals surface area contributed by atoms with Gasteiger partial charge in [0.05, 0.1) is 0 Å². The Morgan fingerprint density at radius 2 is 1.10 bits per heavy atom. The first kappa shape index (κ1) is 19.6. The Kier molecular flexibility index (Phi) is 6.23. The Hall–Kier alpha value is -2.69. The molecule has 0 saturated carbocycles. The topological polar surface area (TPSA) is 12.2 Å². The van der Waals surface area contributed by atoms with Crippen LogP contribution < -0.4 is 0 Å². The first-order chi connectivity index (χ1) is 14.2. The molecule has 29 heavy (non-hydrogen) atoms. The molecule has 0 amide bonds. The van der Waals surface area contributed by atoms with Crippen molar-refractivity contribution in [3.05, 3.63) is 118 Å². The van der Waals surface area contributed by atoms with E-state index < -0.39 is 0 Å². The minimum atomic E-state index is 0.879. The second-order valence-corrected chi connectivity index (χ2v) is 8.91. The highest BCUT2D eigenvalue weighted by Gasteiger charge is 2.17. The van der Waals surface area contributed by atoms with Crippen molar-refractivity contribution in [2.45, 2.75) is 9.79 Å². The molecule has 0 N–H and O–H groups in total. The molecule has 0 saturated heterocycles. The van der Waals surface area contributed by atoms with Gasteiger partial charge in [-0.05, 0) is 59.7 Å². The average Bonchev–Trinajstić information content (AvgIpc) is 2.75. The van der Waals surface area contributed by atoms with E-state index in [1.165, 1.54) is 11.3 Å². The Morgan fingerprint density at radius 1 is 0.621 bits per heavy atom. The van der Waals surface area contributed by atoms with E-state index in [2.05, 4.69) is 79.4 Å². The molecule has 4 heteroatoms. The van der Waals surface area contributed by atoms with Gasteiger partial charge in [-0.2, -0.15) is 0 Å². The van der Waals surface area contributed by atoms with Gasteiger partial charge < -0.3 is 4.74 Å². The van der Waals surface area contributed by atoms with Crippen molar-refractivity contribution in [2.75, 3.05) is 14.1 Å². The van der Waals surface area contributed by atoms with Crippen LogP contribution in [0.3, 0.4) is 0 Å². The molecule has 0 radical (unpaired) electrons. The van der Waals surface area contributed by atoms with Crippen LogP contribution in [0.5, 0.6) is 0 Å². The van der Waals surface area contributed by atoms with E-state index in [1.807, 2.05) is 36.4 Å². The molecule has 0 unspecified atom stereocenters. The summed E-state index contributed by atoms with van der Waals surface area (Å²) in [6.45, 7) is 0. The predicted molar refractivity (Wildman–Crippen MR) is 124 cm³/mol. The molecule has 0 spiro atoms. The summed E-state index contributed by atoms with van der Waals surface area (Å²) < 4.78 is 8.34. The van der Waals surface area contributed by atoms with Crippen molar-refractivity contribution in [3.8, 4) is 0 Å². The number of rotatable bonds is 4. The molecule has 1 heterocycles. The maximum absolute atomic E-state index is 6.23. The van der Waals surface area contributed by atoms with E-state index in [4.69, 9.17) is 4.74 Å². The maximum atomic E-state index is 6.23. The van der Waals surface area contributed by atoms with Crippen LogP contribution in [-0.2, 0) is 4.74 Å². The number of allylic oxidation sites excluding steroid dienone is 8. The molecule has 0 bridgehead atoms. The highest BCUT2D eigenvalue weighted by Crippen LogP contribution is 2.39. The fourth-order valence-electron chi connectivity index (χ4n) is 2.88. The van der Waals surface area contributed by atoms with Crippen LogP contribution in [0.15, 0.2) is 128 Å². The van der Waals surface area contributed by atoms with Gasteiger partial charge in [0.25, 0.3) is 0 Å². The Bertz CT molecular complexity index is 993. The van der Waals surface area contributed by atoms with Gasteiger partial charge >= 0.3 is 0 Å². The third kappa shape index (κ3) is 5.22. The van der Waals surface area contributed by atoms with Gasteiger partial charge in [0.15, 0.2) is 15.9 Å². The third-order valence-corrected chi connectivity index (χ3v) is 6.21. The molecule has 4 rings (SSSR count). The zero-order valence-corrected chi connectivity index (χ0v) is 18.0. The summed E-state index contributed by atoms with van der Waals surface area (Å²) in [5, 5.41) is 1.76. The summed E-state index contributed by atoms with van der Waals surface area (Å²) in [4.78, 5) is 2.32. The Labute approximate surface area is 180 Å². The first-order valence-corrected chi connectivity index (χ1v) is 11.0. The molecule has 2 nitrogen and oxygen atoms in total. The summed E-state index contributed by atoms with van der Waals surface area (Å²) in [6.07, 6.45) is 12.9. The van der Waals surface area contributed by atoms with Gasteiger partial charge in [-0.25, -0.2) is 4.58 Å². The summed E-state index contributed by atoms with van der Waals surface area (Å²) in [7, 11) is 4.11. The van der Waals surface area contributed by atoms with Gasteiger partial charge in [-0.1, -0.05) is 59.9 Å². The molecule has 2 aromatic carbocycles. The van der Waals surface area contributed by atoms with E-state index in [9.17, 15) is 0 Å². The number of hydrogen-bond donors (Lipinski definition) is 0. The number of hydrogen-bond acceptors (Lipinski definition) is 3. The minimum Gasteiger partial charge on any atom is -0.443 e. The average molecular weight is 417 g/mol. The minimum absolute atomic E-state index is 0.879. The lowest BCUT2D eigenvalue weighted by molar-refractivity contribution is -0.462. The molecule has 0 aromatic heterocycles. The van der Waals surface area contributed by atoms with Gasteiger partial charge in [0.1, 0.15) is 14.1 Å². The lowest BCUT2D eigenvalue weighted by atomic mass is 10.0. The van der Waals surface area contributed by atoms with Crippen LogP contribution in [0.4, 0.5) is 0 Å². The van der Waals surface area contributed by atoms with Crippen molar-refractivity contribution in [3.63, 3.8) is 0 Å². The monoisotopic (exact) mass is 416 g/mol. The molecule has 2 aliphatic rings. The van der Waals surface area contributed by atoms with Gasteiger partial charge in [-0.3, -0.25) is 0 Å². The van der Waals surface area contributed by atoms with Crippen molar-refractivity contribution >= 4 is 29.2 Å². The lowest BCUT2D eigenvalue weighted by Gasteiger charge is -2.19. The highest BCUT2D eigenvalue weighted by molar-refractivity contribution is 8.03. The highest BCUT2D eigenvalue weighted by atomic mass is 32.2. The van der Waals surface area contributed by atoms with E-state index >= 15 is 0 Å². The van der Waals surface area contributed by atoms with Crippen LogP contribution in [-0.4, -0.2) is 24.4 Å². The molecule has 2 aromatic rings. The zero-order chi connectivity index (χ0) is 20.1. The zero-order valence-electron chi connectivity index (χ0n) is 16.4. The van der Waals surface area contributed by atoms with E-state index in [0.29, 0.717) is 0 Å². The van der Waals surface area contributed by atoms with Crippen LogP contribution in [0.25, 0.3) is 0 Å². The summed E-state index contributed by atoms with van der Waals surface area (Å²) in [5.74, 6) is 0. The van der Waals surface area contributed by atoms with Gasteiger partial charge in [-0.15, -0.1) is 0 Å². The van der Waals surface area contributed by atoms with Gasteiger partial charge in [0, 0.05) is 21.9 Å². The normalized spacial score (nSPS) is 15.7. The SMILES string of the molecule is C[N+](C)=C1C=CC(=C2C=C(Sc3ccccc3)OC(Sc3ccccc3)=C2)C=C1. The molecule has 144 valence electrons. The standard InChI is InChI=1S/C25H22NOS2/c1-26(2)21-15-13-19(14-16-21)20-17-24(28-22-9-5-3-6-10-22)27-25(18-20)29-23-11-7-4-8-12-23/h3-18H,1-2H3/q+1. The largest absolute Gasteiger partial charge is 0.443 e. The van der Waals surface area contributed by atoms with Crippen LogP contribution in [0.2, 0.25) is 0 Å². The van der Waals surface area contributed by atoms with E-state index in [1.54, 1.807) is 23.5 Å². The summed E-state index contributed by atoms with van der Waals surface area (Å²) >= 11 is 3.28. The Balaban J connectivity index is 1.67. The molecular formula is C25H22NOS2+. The Morgan fingerprint density at radius 3 is 1.55 bits per heavy atom. The summed E-state index contributed by atoms with van der Waals surface area (Å²) in [6, 6.07) is 20.6.